The van der Waals surface area contributed by atoms with Gasteiger partial charge in [0.25, 0.3) is 0 Å². The number of hydrogen-bond acceptors (Lipinski definition) is 5. The van der Waals surface area contributed by atoms with Crippen molar-refractivity contribution in [3.63, 3.8) is 0 Å². The molecule has 0 saturated carbocycles. The number of pyridine rings is 1. The van der Waals surface area contributed by atoms with Crippen molar-refractivity contribution >= 4 is 17.2 Å². The minimum Gasteiger partial charge on any atom is -0.352 e. The second-order valence-electron chi connectivity index (χ2n) is 4.72. The summed E-state index contributed by atoms with van der Waals surface area (Å²) < 4.78 is 1.59. The van der Waals surface area contributed by atoms with E-state index in [0.717, 1.165) is 12.0 Å². The van der Waals surface area contributed by atoms with E-state index in [9.17, 15) is 4.79 Å². The van der Waals surface area contributed by atoms with E-state index in [1.165, 1.54) is 11.2 Å². The molecule has 1 amide bonds. The van der Waals surface area contributed by atoms with Crippen molar-refractivity contribution in [2.24, 2.45) is 0 Å². The zero-order chi connectivity index (χ0) is 15.2. The molecule has 3 rings (SSSR count). The van der Waals surface area contributed by atoms with Crippen LogP contribution in [0, 0.1) is 0 Å². The lowest BCUT2D eigenvalue weighted by Gasteiger charge is -2.05. The van der Waals surface area contributed by atoms with Crippen molar-refractivity contribution in [2.75, 3.05) is 0 Å². The number of amides is 1. The van der Waals surface area contributed by atoms with Crippen LogP contribution < -0.4 is 5.32 Å². The monoisotopic (exact) mass is 313 g/mol. The molecule has 1 N–H and O–H groups in total. The maximum Gasteiger partial charge on any atom is 0.220 e. The van der Waals surface area contributed by atoms with Gasteiger partial charge in [-0.15, -0.1) is 11.3 Å². The topological polar surface area (TPSA) is 72.7 Å². The van der Waals surface area contributed by atoms with E-state index in [4.69, 9.17) is 0 Å². The summed E-state index contributed by atoms with van der Waals surface area (Å²) >= 11 is 1.68. The Morgan fingerprint density at radius 2 is 2.27 bits per heavy atom. The smallest absolute Gasteiger partial charge is 0.220 e. The highest BCUT2D eigenvalue weighted by Gasteiger charge is 2.04. The normalized spacial score (nSPS) is 10.5. The zero-order valence-electron chi connectivity index (χ0n) is 11.8. The highest BCUT2D eigenvalue weighted by atomic mass is 32.1. The molecule has 3 heterocycles. The molecule has 7 heteroatoms. The Balaban J connectivity index is 1.48. The van der Waals surface area contributed by atoms with Crippen LogP contribution in [0.2, 0.25) is 0 Å². The molecule has 22 heavy (non-hydrogen) atoms. The fourth-order valence-electron chi connectivity index (χ4n) is 1.96. The van der Waals surface area contributed by atoms with Gasteiger partial charge in [-0.25, -0.2) is 14.6 Å². The number of nitrogens with one attached hydrogen (secondary N) is 1. The van der Waals surface area contributed by atoms with Gasteiger partial charge in [-0.2, -0.15) is 5.10 Å². The maximum atomic E-state index is 11.8. The Kier molecular flexibility index (Phi) is 4.55. The summed E-state index contributed by atoms with van der Waals surface area (Å²) in [4.78, 5) is 21.2. The molecule has 0 aliphatic rings. The van der Waals surface area contributed by atoms with Gasteiger partial charge >= 0.3 is 0 Å². The summed E-state index contributed by atoms with van der Waals surface area (Å²) in [6.45, 7) is 0.480. The molecule has 0 bridgehead atoms. The number of carbonyl (C=O) groups is 1. The molecule has 0 aliphatic carbocycles. The number of hydrogen-bond donors (Lipinski definition) is 1. The predicted octanol–water partition coefficient (Wildman–Crippen LogP) is 1.97. The van der Waals surface area contributed by atoms with Crippen molar-refractivity contribution in [1.82, 2.24) is 25.1 Å². The second kappa shape index (κ2) is 6.95. The van der Waals surface area contributed by atoms with Crippen molar-refractivity contribution < 1.29 is 4.79 Å². The average molecular weight is 313 g/mol. The molecule has 0 aromatic carbocycles. The van der Waals surface area contributed by atoms with Gasteiger partial charge in [0.05, 0.1) is 0 Å². The van der Waals surface area contributed by atoms with Crippen LogP contribution in [-0.4, -0.2) is 25.7 Å². The van der Waals surface area contributed by atoms with Crippen molar-refractivity contribution in [3.8, 4) is 5.82 Å². The molecule has 0 saturated heterocycles. The van der Waals surface area contributed by atoms with Gasteiger partial charge in [-0.1, -0.05) is 12.1 Å². The highest BCUT2D eigenvalue weighted by molar-refractivity contribution is 7.09. The Morgan fingerprint density at radius 1 is 1.32 bits per heavy atom. The third-order valence-electron chi connectivity index (χ3n) is 3.13. The molecule has 112 valence electrons. The van der Waals surface area contributed by atoms with Crippen LogP contribution in [0.5, 0.6) is 0 Å². The first-order valence-corrected chi connectivity index (χ1v) is 7.78. The first-order valence-electron chi connectivity index (χ1n) is 6.90. The summed E-state index contributed by atoms with van der Waals surface area (Å²) in [5.74, 6) is 0.749. The molecule has 6 nitrogen and oxygen atoms in total. The molecule has 0 aliphatic heterocycles. The van der Waals surface area contributed by atoms with Crippen LogP contribution in [0.25, 0.3) is 5.82 Å². The number of thiophene rings is 1. The predicted molar refractivity (Wildman–Crippen MR) is 83.6 cm³/mol. The zero-order valence-corrected chi connectivity index (χ0v) is 12.7. The molecule has 0 fully saturated rings. The Bertz CT molecular complexity index is 707. The molecule has 0 radical (unpaired) electrons. The Morgan fingerprint density at radius 3 is 2.95 bits per heavy atom. The Hall–Kier alpha value is -2.54. The van der Waals surface area contributed by atoms with Crippen LogP contribution in [0.1, 0.15) is 16.9 Å². The summed E-state index contributed by atoms with van der Waals surface area (Å²) in [5, 5.41) is 8.94. The van der Waals surface area contributed by atoms with Crippen LogP contribution >= 0.6 is 11.3 Å². The SMILES string of the molecule is O=C(CCc1cccs1)NCc1ccc(-n2cncn2)nc1. The van der Waals surface area contributed by atoms with Crippen LogP contribution in [0.3, 0.4) is 0 Å². The summed E-state index contributed by atoms with van der Waals surface area (Å²) in [6, 6.07) is 7.82. The van der Waals surface area contributed by atoms with Gasteiger partial charge in [0.2, 0.25) is 5.91 Å². The standard InChI is InChI=1S/C15H15N5OS/c21-15(6-4-13-2-1-7-22-13)18-9-12-3-5-14(17-8-12)20-11-16-10-19-20/h1-3,5,7-8,10-11H,4,6,9H2,(H,18,21). The lowest BCUT2D eigenvalue weighted by molar-refractivity contribution is -0.121. The minimum atomic E-state index is 0.0498. The van der Waals surface area contributed by atoms with Gasteiger partial charge in [0.1, 0.15) is 12.7 Å². The largest absolute Gasteiger partial charge is 0.352 e. The second-order valence-corrected chi connectivity index (χ2v) is 5.75. The van der Waals surface area contributed by atoms with Gasteiger partial charge in [-0.3, -0.25) is 4.79 Å². The quantitative estimate of drug-likeness (QED) is 0.755. The molecular formula is C15H15N5OS. The van der Waals surface area contributed by atoms with E-state index in [1.807, 2.05) is 29.6 Å². The van der Waals surface area contributed by atoms with Crippen molar-refractivity contribution in [2.45, 2.75) is 19.4 Å². The maximum absolute atomic E-state index is 11.8. The fraction of sp³-hybridized carbons (Fsp3) is 0.200. The Labute approximate surface area is 131 Å². The van der Waals surface area contributed by atoms with Gasteiger partial charge < -0.3 is 5.32 Å². The summed E-state index contributed by atoms with van der Waals surface area (Å²) in [6.07, 6.45) is 6.08. The van der Waals surface area contributed by atoms with Crippen molar-refractivity contribution in [1.29, 1.82) is 0 Å². The van der Waals surface area contributed by atoms with E-state index in [1.54, 1.807) is 28.5 Å². The van der Waals surface area contributed by atoms with E-state index < -0.39 is 0 Å². The minimum absolute atomic E-state index is 0.0498. The third-order valence-corrected chi connectivity index (χ3v) is 4.07. The molecule has 3 aromatic heterocycles. The van der Waals surface area contributed by atoms with Crippen molar-refractivity contribution in [3.05, 3.63) is 58.9 Å². The highest BCUT2D eigenvalue weighted by Crippen LogP contribution is 2.10. The third kappa shape index (κ3) is 3.76. The van der Waals surface area contributed by atoms with E-state index in [2.05, 4.69) is 20.4 Å². The summed E-state index contributed by atoms with van der Waals surface area (Å²) in [5.41, 5.74) is 0.952. The first kappa shape index (κ1) is 14.4. The molecule has 0 spiro atoms. The molecule has 0 unspecified atom stereocenters. The first-order chi connectivity index (χ1) is 10.8. The van der Waals surface area contributed by atoms with E-state index in [0.29, 0.717) is 18.8 Å². The lowest BCUT2D eigenvalue weighted by atomic mass is 10.2. The van der Waals surface area contributed by atoms with Crippen LogP contribution in [0.15, 0.2) is 48.5 Å². The van der Waals surface area contributed by atoms with Gasteiger partial charge in [0, 0.05) is 24.0 Å². The van der Waals surface area contributed by atoms with Gasteiger partial charge in [0.15, 0.2) is 5.82 Å². The van der Waals surface area contributed by atoms with E-state index >= 15 is 0 Å². The van der Waals surface area contributed by atoms with E-state index in [-0.39, 0.29) is 5.91 Å². The number of aryl methyl sites for hydroxylation is 1. The molecule has 3 aromatic rings. The number of aromatic nitrogens is 4. The molecule has 0 atom stereocenters. The fourth-order valence-corrected chi connectivity index (χ4v) is 2.67. The van der Waals surface area contributed by atoms with Crippen LogP contribution in [0.4, 0.5) is 0 Å². The molecular weight excluding hydrogens is 298 g/mol. The number of rotatable bonds is 6. The number of nitrogens with zero attached hydrogens (tertiary/aromatic N) is 4. The van der Waals surface area contributed by atoms with Gasteiger partial charge in [-0.05, 0) is 29.5 Å². The van der Waals surface area contributed by atoms with Crippen LogP contribution in [-0.2, 0) is 17.8 Å². The number of carbonyl (C=O) groups excluding carboxylic acids is 1. The lowest BCUT2D eigenvalue weighted by Crippen LogP contribution is -2.23. The summed E-state index contributed by atoms with van der Waals surface area (Å²) in [7, 11) is 0. The average Bonchev–Trinajstić information content (AvgIpc) is 3.24.